The predicted octanol–water partition coefficient (Wildman–Crippen LogP) is 2.13. The molecule has 0 bridgehead atoms. The lowest BCUT2D eigenvalue weighted by Crippen LogP contribution is -2.49. The Morgan fingerprint density at radius 3 is 2.31 bits per heavy atom. The van der Waals surface area contributed by atoms with Crippen LogP contribution in [0.4, 0.5) is 0 Å². The summed E-state index contributed by atoms with van der Waals surface area (Å²) in [6.07, 6.45) is 3.01. The van der Waals surface area contributed by atoms with E-state index in [-0.39, 0.29) is 23.8 Å². The molecule has 1 unspecified atom stereocenters. The summed E-state index contributed by atoms with van der Waals surface area (Å²) in [5, 5.41) is 3.33. The van der Waals surface area contributed by atoms with Crippen molar-refractivity contribution < 1.29 is 9.59 Å². The Bertz CT molecular complexity index is 650. The Kier molecular flexibility index (Phi) is 8.07. The highest BCUT2D eigenvalue weighted by atomic mass is 16.2. The fourth-order valence-corrected chi connectivity index (χ4v) is 4.26. The molecule has 0 radical (unpaired) electrons. The monoisotopic (exact) mass is 400 g/mol. The summed E-state index contributed by atoms with van der Waals surface area (Å²) < 4.78 is 0. The maximum Gasteiger partial charge on any atom is 0.223 e. The van der Waals surface area contributed by atoms with Crippen molar-refractivity contribution >= 4 is 11.8 Å². The second kappa shape index (κ2) is 10.7. The fraction of sp³-hybridized carbons (Fsp3) is 0.652. The molecule has 6 nitrogen and oxygen atoms in total. The van der Waals surface area contributed by atoms with Gasteiger partial charge >= 0.3 is 0 Å². The molecule has 2 fully saturated rings. The average Bonchev–Trinajstić information content (AvgIpc) is 2.75. The van der Waals surface area contributed by atoms with Crippen molar-refractivity contribution in [2.45, 2.75) is 38.6 Å². The summed E-state index contributed by atoms with van der Waals surface area (Å²) in [4.78, 5) is 31.9. The van der Waals surface area contributed by atoms with Gasteiger partial charge in [-0.2, -0.15) is 0 Å². The Balaban J connectivity index is 1.57. The zero-order valence-electron chi connectivity index (χ0n) is 18.0. The van der Waals surface area contributed by atoms with Crippen LogP contribution < -0.4 is 5.32 Å². The summed E-state index contributed by atoms with van der Waals surface area (Å²) in [6.45, 7) is 8.48. The topological polar surface area (TPSA) is 55.9 Å². The highest BCUT2D eigenvalue weighted by molar-refractivity contribution is 5.80. The van der Waals surface area contributed by atoms with Crippen molar-refractivity contribution in [1.82, 2.24) is 20.0 Å². The summed E-state index contributed by atoms with van der Waals surface area (Å²) >= 11 is 0. The van der Waals surface area contributed by atoms with E-state index in [0.717, 1.165) is 57.5 Å². The molecule has 1 atom stereocenters. The maximum absolute atomic E-state index is 13.0. The molecule has 29 heavy (non-hydrogen) atoms. The predicted molar refractivity (Wildman–Crippen MR) is 115 cm³/mol. The molecule has 1 aromatic carbocycles. The molecule has 2 saturated heterocycles. The molecule has 3 rings (SSSR count). The van der Waals surface area contributed by atoms with Crippen molar-refractivity contribution in [3.8, 4) is 0 Å². The minimum absolute atomic E-state index is 0.000576. The van der Waals surface area contributed by atoms with Gasteiger partial charge in [0.05, 0.1) is 6.04 Å². The van der Waals surface area contributed by atoms with E-state index in [1.807, 2.05) is 30.0 Å². The van der Waals surface area contributed by atoms with Crippen LogP contribution in [-0.2, 0) is 9.59 Å². The SMILES string of the molecule is CCCC(=O)N1CCC(C(=O)NC(CN2CCN(C)CC2)c2ccccc2)CC1. The van der Waals surface area contributed by atoms with Crippen LogP contribution in [0.15, 0.2) is 30.3 Å². The normalized spacial score (nSPS) is 20.4. The molecule has 6 heteroatoms. The van der Waals surface area contributed by atoms with E-state index in [2.05, 4.69) is 34.3 Å². The van der Waals surface area contributed by atoms with E-state index < -0.39 is 0 Å². The van der Waals surface area contributed by atoms with E-state index in [4.69, 9.17) is 0 Å². The van der Waals surface area contributed by atoms with Gasteiger partial charge in [0.25, 0.3) is 0 Å². The number of piperazine rings is 1. The van der Waals surface area contributed by atoms with Crippen molar-refractivity contribution in [2.24, 2.45) is 5.92 Å². The number of hydrogen-bond acceptors (Lipinski definition) is 4. The van der Waals surface area contributed by atoms with Gasteiger partial charge in [-0.3, -0.25) is 14.5 Å². The van der Waals surface area contributed by atoms with E-state index in [0.29, 0.717) is 19.5 Å². The lowest BCUT2D eigenvalue weighted by Gasteiger charge is -2.36. The van der Waals surface area contributed by atoms with Gasteiger partial charge in [0.1, 0.15) is 0 Å². The molecular formula is C23H36N4O2. The first kappa shape index (κ1) is 21.8. The number of nitrogens with zero attached hydrogens (tertiary/aromatic N) is 3. The third-order valence-corrected chi connectivity index (χ3v) is 6.24. The summed E-state index contributed by atoms with van der Waals surface area (Å²) in [7, 11) is 2.16. The van der Waals surface area contributed by atoms with Crippen LogP contribution in [0, 0.1) is 5.92 Å². The van der Waals surface area contributed by atoms with Gasteiger partial charge in [-0.05, 0) is 31.9 Å². The molecule has 0 aliphatic carbocycles. The number of nitrogens with one attached hydrogen (secondary N) is 1. The Morgan fingerprint density at radius 2 is 1.69 bits per heavy atom. The number of likely N-dealkylation sites (tertiary alicyclic amines) is 1. The second-order valence-corrected chi connectivity index (χ2v) is 8.48. The molecule has 0 aromatic heterocycles. The second-order valence-electron chi connectivity index (χ2n) is 8.48. The highest BCUT2D eigenvalue weighted by Crippen LogP contribution is 2.21. The van der Waals surface area contributed by atoms with Gasteiger partial charge in [0.15, 0.2) is 0 Å². The summed E-state index contributed by atoms with van der Waals surface area (Å²) in [5.41, 5.74) is 1.16. The fourth-order valence-electron chi connectivity index (χ4n) is 4.26. The smallest absolute Gasteiger partial charge is 0.223 e. The molecule has 1 aromatic rings. The van der Waals surface area contributed by atoms with E-state index in [9.17, 15) is 9.59 Å². The van der Waals surface area contributed by atoms with Crippen LogP contribution in [0.3, 0.4) is 0 Å². The number of carbonyl (C=O) groups is 2. The van der Waals surface area contributed by atoms with Gasteiger partial charge in [-0.1, -0.05) is 37.3 Å². The molecule has 160 valence electrons. The number of carbonyl (C=O) groups excluding carboxylic acids is 2. The number of benzene rings is 1. The number of likely N-dealkylation sites (N-methyl/N-ethyl adjacent to an activating group) is 1. The first-order valence-corrected chi connectivity index (χ1v) is 11.1. The first-order chi connectivity index (χ1) is 14.1. The highest BCUT2D eigenvalue weighted by Gasteiger charge is 2.29. The number of piperidine rings is 1. The number of rotatable bonds is 7. The van der Waals surface area contributed by atoms with Crippen LogP contribution in [0.5, 0.6) is 0 Å². The molecule has 2 amide bonds. The van der Waals surface area contributed by atoms with Gasteiger partial charge in [0, 0.05) is 58.2 Å². The summed E-state index contributed by atoms with van der Waals surface area (Å²) in [6, 6.07) is 10.3. The third kappa shape index (κ3) is 6.28. The zero-order valence-corrected chi connectivity index (χ0v) is 18.0. The molecular weight excluding hydrogens is 364 g/mol. The molecule has 2 aliphatic heterocycles. The zero-order chi connectivity index (χ0) is 20.6. The Morgan fingerprint density at radius 1 is 1.03 bits per heavy atom. The van der Waals surface area contributed by atoms with Crippen LogP contribution in [0.2, 0.25) is 0 Å². The quantitative estimate of drug-likeness (QED) is 0.762. The van der Waals surface area contributed by atoms with Gasteiger partial charge in [-0.25, -0.2) is 0 Å². The van der Waals surface area contributed by atoms with Crippen molar-refractivity contribution in [3.63, 3.8) is 0 Å². The lowest BCUT2D eigenvalue weighted by molar-refractivity contribution is -0.135. The molecule has 1 N–H and O–H groups in total. The van der Waals surface area contributed by atoms with Crippen molar-refractivity contribution in [3.05, 3.63) is 35.9 Å². The van der Waals surface area contributed by atoms with Crippen LogP contribution in [-0.4, -0.2) is 79.4 Å². The Labute approximate surface area is 175 Å². The molecule has 2 heterocycles. The van der Waals surface area contributed by atoms with Crippen LogP contribution in [0.25, 0.3) is 0 Å². The minimum Gasteiger partial charge on any atom is -0.348 e. The average molecular weight is 401 g/mol. The van der Waals surface area contributed by atoms with Gasteiger partial charge in [-0.15, -0.1) is 0 Å². The number of hydrogen-bond donors (Lipinski definition) is 1. The lowest BCUT2D eigenvalue weighted by atomic mass is 9.94. The largest absolute Gasteiger partial charge is 0.348 e. The van der Waals surface area contributed by atoms with Crippen molar-refractivity contribution in [2.75, 3.05) is 52.9 Å². The first-order valence-electron chi connectivity index (χ1n) is 11.1. The maximum atomic E-state index is 13.0. The van der Waals surface area contributed by atoms with Gasteiger partial charge < -0.3 is 15.1 Å². The van der Waals surface area contributed by atoms with Crippen LogP contribution >= 0.6 is 0 Å². The third-order valence-electron chi connectivity index (χ3n) is 6.24. The summed E-state index contributed by atoms with van der Waals surface area (Å²) in [5.74, 6) is 0.360. The standard InChI is InChI=1S/C23H36N4O2/c1-3-7-22(28)27-12-10-20(11-13-27)23(29)24-21(19-8-5-4-6-9-19)18-26-16-14-25(2)15-17-26/h4-6,8-9,20-21H,3,7,10-18H2,1-2H3,(H,24,29). The van der Waals surface area contributed by atoms with E-state index in [1.54, 1.807) is 0 Å². The minimum atomic E-state index is -0.000576. The van der Waals surface area contributed by atoms with E-state index >= 15 is 0 Å². The van der Waals surface area contributed by atoms with E-state index in [1.165, 1.54) is 0 Å². The van der Waals surface area contributed by atoms with Gasteiger partial charge in [0.2, 0.25) is 11.8 Å². The van der Waals surface area contributed by atoms with Crippen LogP contribution in [0.1, 0.15) is 44.2 Å². The molecule has 0 saturated carbocycles. The molecule has 0 spiro atoms. The Hall–Kier alpha value is -1.92. The molecule has 2 aliphatic rings. The van der Waals surface area contributed by atoms with Crippen molar-refractivity contribution in [1.29, 1.82) is 0 Å². The number of amides is 2.